The van der Waals surface area contributed by atoms with Crippen LogP contribution in [0.25, 0.3) is 16.9 Å². The third-order valence-corrected chi connectivity index (χ3v) is 2.84. The van der Waals surface area contributed by atoms with Crippen LogP contribution in [-0.2, 0) is 0 Å². The molecule has 0 unspecified atom stereocenters. The standard InChI is InChI=1S/C14H10F2N4/c15-10-4-11(16)6-12(5-10)20-8-18-7-13(20)9-1-2-19-14(17)3-9/h1-8H,(H2,17,19). The number of nitrogens with two attached hydrogens (primary N) is 1. The lowest BCUT2D eigenvalue weighted by atomic mass is 10.2. The number of halogens is 2. The normalized spacial score (nSPS) is 10.7. The number of nitrogens with zero attached hydrogens (tertiary/aromatic N) is 3. The van der Waals surface area contributed by atoms with Crippen molar-refractivity contribution in [2.45, 2.75) is 0 Å². The van der Waals surface area contributed by atoms with Gasteiger partial charge in [0.05, 0.1) is 23.9 Å². The third kappa shape index (κ3) is 2.23. The first kappa shape index (κ1) is 12.3. The lowest BCUT2D eigenvalue weighted by molar-refractivity contribution is 0.581. The molecule has 0 fully saturated rings. The molecule has 0 saturated carbocycles. The van der Waals surface area contributed by atoms with Gasteiger partial charge in [-0.15, -0.1) is 0 Å². The Morgan fingerprint density at radius 1 is 1.05 bits per heavy atom. The number of hydrogen-bond acceptors (Lipinski definition) is 3. The van der Waals surface area contributed by atoms with Gasteiger partial charge in [-0.25, -0.2) is 18.7 Å². The Kier molecular flexibility index (Phi) is 2.90. The number of nitrogen functional groups attached to an aromatic ring is 1. The van der Waals surface area contributed by atoms with Crippen LogP contribution < -0.4 is 5.73 Å². The van der Waals surface area contributed by atoms with Gasteiger partial charge in [0.25, 0.3) is 0 Å². The molecule has 2 aromatic heterocycles. The third-order valence-electron chi connectivity index (χ3n) is 2.84. The van der Waals surface area contributed by atoms with Gasteiger partial charge in [-0.1, -0.05) is 0 Å². The summed E-state index contributed by atoms with van der Waals surface area (Å²) in [5.74, 6) is -0.927. The zero-order valence-electron chi connectivity index (χ0n) is 10.3. The van der Waals surface area contributed by atoms with E-state index in [0.29, 0.717) is 17.2 Å². The summed E-state index contributed by atoms with van der Waals surface area (Å²) >= 11 is 0. The molecule has 0 aliphatic heterocycles. The van der Waals surface area contributed by atoms with Gasteiger partial charge in [0.1, 0.15) is 17.5 Å². The SMILES string of the molecule is Nc1cc(-c2cncn2-c2cc(F)cc(F)c2)ccn1. The first-order valence-corrected chi connectivity index (χ1v) is 5.84. The van der Waals surface area contributed by atoms with Gasteiger partial charge in [0, 0.05) is 17.8 Å². The number of benzene rings is 1. The lowest BCUT2D eigenvalue weighted by Gasteiger charge is -2.09. The fourth-order valence-electron chi connectivity index (χ4n) is 2.00. The molecule has 0 aliphatic carbocycles. The number of pyridine rings is 1. The van der Waals surface area contributed by atoms with Crippen LogP contribution in [0.3, 0.4) is 0 Å². The summed E-state index contributed by atoms with van der Waals surface area (Å²) in [6.45, 7) is 0. The van der Waals surface area contributed by atoms with Crippen molar-refractivity contribution in [2.75, 3.05) is 5.73 Å². The highest BCUT2D eigenvalue weighted by Crippen LogP contribution is 2.24. The Morgan fingerprint density at radius 3 is 2.50 bits per heavy atom. The molecule has 0 atom stereocenters. The van der Waals surface area contributed by atoms with E-state index in [0.717, 1.165) is 11.6 Å². The topological polar surface area (TPSA) is 56.7 Å². The van der Waals surface area contributed by atoms with Crippen molar-refractivity contribution in [3.8, 4) is 16.9 Å². The second-order valence-electron chi connectivity index (χ2n) is 4.25. The smallest absolute Gasteiger partial charge is 0.128 e. The fraction of sp³-hybridized carbons (Fsp3) is 0. The monoisotopic (exact) mass is 272 g/mol. The van der Waals surface area contributed by atoms with Crippen molar-refractivity contribution in [1.82, 2.24) is 14.5 Å². The van der Waals surface area contributed by atoms with Crippen LogP contribution in [0.15, 0.2) is 49.1 Å². The highest BCUT2D eigenvalue weighted by atomic mass is 19.1. The van der Waals surface area contributed by atoms with E-state index in [1.54, 1.807) is 29.1 Å². The summed E-state index contributed by atoms with van der Waals surface area (Å²) < 4.78 is 28.2. The molecule has 100 valence electrons. The fourth-order valence-corrected chi connectivity index (χ4v) is 2.00. The Hall–Kier alpha value is -2.76. The zero-order valence-corrected chi connectivity index (χ0v) is 10.3. The van der Waals surface area contributed by atoms with Crippen molar-refractivity contribution >= 4 is 5.82 Å². The van der Waals surface area contributed by atoms with Crippen LogP contribution in [0.5, 0.6) is 0 Å². The Balaban J connectivity index is 2.15. The van der Waals surface area contributed by atoms with E-state index in [1.807, 2.05) is 0 Å². The van der Waals surface area contributed by atoms with E-state index in [4.69, 9.17) is 5.73 Å². The molecule has 1 aromatic carbocycles. The highest BCUT2D eigenvalue weighted by molar-refractivity contribution is 5.64. The average molecular weight is 272 g/mol. The van der Waals surface area contributed by atoms with Crippen LogP contribution in [-0.4, -0.2) is 14.5 Å². The van der Waals surface area contributed by atoms with Crippen molar-refractivity contribution in [2.24, 2.45) is 0 Å². The van der Waals surface area contributed by atoms with E-state index in [-0.39, 0.29) is 0 Å². The molecule has 0 aliphatic rings. The van der Waals surface area contributed by atoms with Crippen LogP contribution in [0.2, 0.25) is 0 Å². The van der Waals surface area contributed by atoms with Gasteiger partial charge >= 0.3 is 0 Å². The Labute approximate surface area is 113 Å². The van der Waals surface area contributed by atoms with E-state index in [2.05, 4.69) is 9.97 Å². The number of hydrogen-bond donors (Lipinski definition) is 1. The summed E-state index contributed by atoms with van der Waals surface area (Å²) in [6, 6.07) is 6.71. The molecular weight excluding hydrogens is 262 g/mol. The van der Waals surface area contributed by atoms with E-state index in [9.17, 15) is 8.78 Å². The Bertz CT molecular complexity index is 747. The largest absolute Gasteiger partial charge is 0.384 e. The van der Waals surface area contributed by atoms with Crippen LogP contribution in [0.1, 0.15) is 0 Å². The minimum atomic E-state index is -0.645. The van der Waals surface area contributed by atoms with E-state index in [1.165, 1.54) is 18.5 Å². The van der Waals surface area contributed by atoms with Crippen molar-refractivity contribution in [1.29, 1.82) is 0 Å². The lowest BCUT2D eigenvalue weighted by Crippen LogP contribution is -1.98. The Morgan fingerprint density at radius 2 is 1.80 bits per heavy atom. The molecule has 0 bridgehead atoms. The number of imidazole rings is 1. The molecule has 0 saturated heterocycles. The molecule has 3 rings (SSSR count). The van der Waals surface area contributed by atoms with Crippen LogP contribution in [0.4, 0.5) is 14.6 Å². The molecule has 2 N–H and O–H groups in total. The maximum atomic E-state index is 13.3. The predicted octanol–water partition coefficient (Wildman–Crippen LogP) is 2.79. The molecule has 4 nitrogen and oxygen atoms in total. The van der Waals surface area contributed by atoms with Crippen molar-refractivity contribution < 1.29 is 8.78 Å². The number of aromatic nitrogens is 3. The molecule has 2 heterocycles. The summed E-state index contributed by atoms with van der Waals surface area (Å²) in [7, 11) is 0. The van der Waals surface area contributed by atoms with Crippen LogP contribution in [0, 0.1) is 11.6 Å². The number of anilines is 1. The average Bonchev–Trinajstić information content (AvgIpc) is 2.86. The first-order valence-electron chi connectivity index (χ1n) is 5.84. The molecule has 20 heavy (non-hydrogen) atoms. The van der Waals surface area contributed by atoms with Gasteiger partial charge in [0.15, 0.2) is 0 Å². The van der Waals surface area contributed by atoms with Gasteiger partial charge in [-0.3, -0.25) is 4.57 Å². The molecule has 0 spiro atoms. The second kappa shape index (κ2) is 4.73. The summed E-state index contributed by atoms with van der Waals surface area (Å²) in [5, 5.41) is 0. The summed E-state index contributed by atoms with van der Waals surface area (Å²) in [6.07, 6.45) is 4.64. The van der Waals surface area contributed by atoms with Gasteiger partial charge < -0.3 is 5.73 Å². The van der Waals surface area contributed by atoms with Crippen molar-refractivity contribution in [3.63, 3.8) is 0 Å². The maximum Gasteiger partial charge on any atom is 0.128 e. The van der Waals surface area contributed by atoms with E-state index < -0.39 is 11.6 Å². The van der Waals surface area contributed by atoms with Gasteiger partial charge in [0.2, 0.25) is 0 Å². The molecule has 3 aromatic rings. The predicted molar refractivity (Wildman–Crippen MR) is 71.1 cm³/mol. The van der Waals surface area contributed by atoms with Gasteiger partial charge in [-0.2, -0.15) is 0 Å². The number of rotatable bonds is 2. The first-order chi connectivity index (χ1) is 9.63. The molecule has 6 heteroatoms. The quantitative estimate of drug-likeness (QED) is 0.780. The zero-order chi connectivity index (χ0) is 14.1. The highest BCUT2D eigenvalue weighted by Gasteiger charge is 2.09. The summed E-state index contributed by atoms with van der Waals surface area (Å²) in [5.41, 5.74) is 7.43. The summed E-state index contributed by atoms with van der Waals surface area (Å²) in [4.78, 5) is 7.93. The maximum absolute atomic E-state index is 13.3. The van der Waals surface area contributed by atoms with Crippen LogP contribution >= 0.6 is 0 Å². The van der Waals surface area contributed by atoms with Crippen molar-refractivity contribution in [3.05, 3.63) is 60.7 Å². The van der Waals surface area contributed by atoms with E-state index >= 15 is 0 Å². The second-order valence-corrected chi connectivity index (χ2v) is 4.25. The molecule has 0 radical (unpaired) electrons. The molecule has 0 amide bonds. The minimum absolute atomic E-state index is 0.352. The molecular formula is C14H10F2N4. The van der Waals surface area contributed by atoms with Gasteiger partial charge in [-0.05, 0) is 24.3 Å². The minimum Gasteiger partial charge on any atom is -0.384 e.